The second kappa shape index (κ2) is 7.17. The maximum Gasteiger partial charge on any atom is 0.418 e. The van der Waals surface area contributed by atoms with Crippen molar-refractivity contribution in [1.82, 2.24) is 5.48 Å². The molecule has 2 aromatic carbocycles. The molecule has 2 aromatic rings. The Morgan fingerprint density at radius 2 is 1.96 bits per heavy atom. The summed E-state index contributed by atoms with van der Waals surface area (Å²) in [5.74, 6) is -0.0987. The predicted molar refractivity (Wildman–Crippen MR) is 95.4 cm³/mol. The predicted octanol–water partition coefficient (Wildman–Crippen LogP) is 5.01. The molecule has 0 unspecified atom stereocenters. The van der Waals surface area contributed by atoms with Crippen LogP contribution >= 0.6 is 11.6 Å². The summed E-state index contributed by atoms with van der Waals surface area (Å²) in [4.78, 5) is 5.79. The normalized spacial score (nSPS) is 15.1. The van der Waals surface area contributed by atoms with Crippen molar-refractivity contribution in [1.29, 1.82) is 0 Å². The van der Waals surface area contributed by atoms with Gasteiger partial charge in [0.25, 0.3) is 0 Å². The molecule has 0 atom stereocenters. The molecule has 26 heavy (non-hydrogen) atoms. The smallest absolute Gasteiger partial charge is 0.371 e. The van der Waals surface area contributed by atoms with Gasteiger partial charge in [-0.05, 0) is 49.2 Å². The third kappa shape index (κ3) is 4.11. The van der Waals surface area contributed by atoms with E-state index in [1.807, 2.05) is 5.48 Å². The first kappa shape index (κ1) is 18.5. The summed E-state index contributed by atoms with van der Waals surface area (Å²) < 4.78 is 40.7. The number of aliphatic imine (C=N–C) groups is 1. The van der Waals surface area contributed by atoms with E-state index in [2.05, 4.69) is 4.99 Å². The van der Waals surface area contributed by atoms with Gasteiger partial charge in [-0.1, -0.05) is 17.7 Å². The Balaban J connectivity index is 2.03. The fourth-order valence-corrected chi connectivity index (χ4v) is 2.89. The summed E-state index contributed by atoms with van der Waals surface area (Å²) in [5, 5.41) is 9.81. The topological polar surface area (TPSA) is 47.9 Å². The number of halogens is 4. The largest absolute Gasteiger partial charge is 0.418 e. The number of nitrogens with zero attached hydrogens (tertiary/aromatic N) is 2. The Morgan fingerprint density at radius 3 is 2.54 bits per heavy atom. The van der Waals surface area contributed by atoms with Crippen molar-refractivity contribution in [2.45, 2.75) is 25.1 Å². The standard InChI is InChI=1S/C18H17ClF3N3O/c1-25(14-6-7-14)16-8-5-11(9-15(16)18(20,21)22)17(24-26)23-13-4-2-3-12(19)10-13/h2-5,8-10,14,26H,6-7H2,1H3,(H,23,24). The molecular weight excluding hydrogens is 367 g/mol. The van der Waals surface area contributed by atoms with E-state index in [1.165, 1.54) is 12.1 Å². The first-order chi connectivity index (χ1) is 12.3. The molecule has 0 bridgehead atoms. The molecule has 0 radical (unpaired) electrons. The highest BCUT2D eigenvalue weighted by molar-refractivity contribution is 6.30. The van der Waals surface area contributed by atoms with Crippen LogP contribution in [-0.4, -0.2) is 24.1 Å². The van der Waals surface area contributed by atoms with Crippen molar-refractivity contribution in [3.05, 3.63) is 58.6 Å². The summed E-state index contributed by atoms with van der Waals surface area (Å²) in [6.07, 6.45) is -2.75. The van der Waals surface area contributed by atoms with Crippen LogP contribution in [0.1, 0.15) is 24.0 Å². The number of hydroxylamine groups is 1. The van der Waals surface area contributed by atoms with Gasteiger partial charge in [0.05, 0.1) is 11.3 Å². The van der Waals surface area contributed by atoms with Crippen LogP contribution in [0.5, 0.6) is 0 Å². The number of benzene rings is 2. The molecule has 4 nitrogen and oxygen atoms in total. The number of amidine groups is 1. The maximum atomic E-state index is 13.6. The Labute approximate surface area is 153 Å². The molecule has 138 valence electrons. The van der Waals surface area contributed by atoms with E-state index in [1.54, 1.807) is 36.2 Å². The maximum absolute atomic E-state index is 13.6. The van der Waals surface area contributed by atoms with Gasteiger partial charge in [-0.15, -0.1) is 0 Å². The van der Waals surface area contributed by atoms with E-state index in [0.29, 0.717) is 10.7 Å². The van der Waals surface area contributed by atoms with Crippen molar-refractivity contribution in [2.75, 3.05) is 11.9 Å². The van der Waals surface area contributed by atoms with Crippen LogP contribution in [0.2, 0.25) is 5.02 Å². The fourth-order valence-electron chi connectivity index (χ4n) is 2.71. The van der Waals surface area contributed by atoms with Crippen LogP contribution in [0.3, 0.4) is 0 Å². The summed E-state index contributed by atoms with van der Waals surface area (Å²) in [7, 11) is 1.66. The zero-order valence-corrected chi connectivity index (χ0v) is 14.6. The minimum atomic E-state index is -4.52. The van der Waals surface area contributed by atoms with E-state index < -0.39 is 11.7 Å². The lowest BCUT2D eigenvalue weighted by atomic mass is 10.1. The van der Waals surface area contributed by atoms with Gasteiger partial charge < -0.3 is 4.90 Å². The van der Waals surface area contributed by atoms with Crippen molar-refractivity contribution in [2.24, 2.45) is 4.99 Å². The molecule has 1 aliphatic rings. The van der Waals surface area contributed by atoms with Crippen molar-refractivity contribution in [3.63, 3.8) is 0 Å². The zero-order chi connectivity index (χ0) is 18.9. The second-order valence-corrected chi connectivity index (χ2v) is 6.56. The Hall–Kier alpha value is -2.25. The van der Waals surface area contributed by atoms with Crippen molar-refractivity contribution < 1.29 is 18.4 Å². The Bertz CT molecular complexity index is 835. The molecule has 3 rings (SSSR count). The highest BCUT2D eigenvalue weighted by Crippen LogP contribution is 2.40. The van der Waals surface area contributed by atoms with E-state index in [0.717, 1.165) is 18.9 Å². The lowest BCUT2D eigenvalue weighted by Crippen LogP contribution is -2.25. The molecule has 2 N–H and O–H groups in total. The Morgan fingerprint density at radius 1 is 1.23 bits per heavy atom. The molecule has 0 aromatic heterocycles. The highest BCUT2D eigenvalue weighted by Gasteiger charge is 2.37. The molecule has 0 amide bonds. The minimum Gasteiger partial charge on any atom is -0.371 e. The lowest BCUT2D eigenvalue weighted by molar-refractivity contribution is -0.137. The molecule has 0 heterocycles. The van der Waals surface area contributed by atoms with Gasteiger partial charge in [0.2, 0.25) is 0 Å². The summed E-state index contributed by atoms with van der Waals surface area (Å²) in [6.45, 7) is 0. The average Bonchev–Trinajstić information content (AvgIpc) is 3.43. The van der Waals surface area contributed by atoms with Crippen molar-refractivity contribution >= 4 is 28.8 Å². The molecule has 8 heteroatoms. The quantitative estimate of drug-likeness (QED) is 0.443. The summed E-state index contributed by atoms with van der Waals surface area (Å²) in [5.41, 5.74) is 1.75. The second-order valence-electron chi connectivity index (χ2n) is 6.12. The molecule has 1 aliphatic carbocycles. The molecule has 1 fully saturated rings. The van der Waals surface area contributed by atoms with Crippen LogP contribution in [0, 0.1) is 0 Å². The van der Waals surface area contributed by atoms with Gasteiger partial charge in [0, 0.05) is 29.4 Å². The number of rotatable bonds is 4. The van der Waals surface area contributed by atoms with Gasteiger partial charge in [-0.2, -0.15) is 13.2 Å². The first-order valence-electron chi connectivity index (χ1n) is 7.98. The molecule has 0 spiro atoms. The lowest BCUT2D eigenvalue weighted by Gasteiger charge is -2.24. The average molecular weight is 384 g/mol. The number of nitrogens with one attached hydrogen (secondary N) is 1. The van der Waals surface area contributed by atoms with E-state index >= 15 is 0 Å². The third-order valence-electron chi connectivity index (χ3n) is 4.20. The van der Waals surface area contributed by atoms with E-state index in [4.69, 9.17) is 11.6 Å². The molecular formula is C18H17ClF3N3O. The van der Waals surface area contributed by atoms with Gasteiger partial charge in [0.15, 0.2) is 5.84 Å². The van der Waals surface area contributed by atoms with Gasteiger partial charge in [0.1, 0.15) is 0 Å². The molecule has 1 saturated carbocycles. The molecule has 0 saturated heterocycles. The Kier molecular flexibility index (Phi) is 5.11. The van der Waals surface area contributed by atoms with Crippen LogP contribution in [0.4, 0.5) is 24.5 Å². The van der Waals surface area contributed by atoms with Crippen LogP contribution < -0.4 is 10.4 Å². The number of alkyl halides is 3. The van der Waals surface area contributed by atoms with Crippen LogP contribution in [0.25, 0.3) is 0 Å². The van der Waals surface area contributed by atoms with Crippen LogP contribution in [0.15, 0.2) is 47.5 Å². The minimum absolute atomic E-state index is 0.0987. The number of anilines is 1. The highest BCUT2D eigenvalue weighted by atomic mass is 35.5. The van der Waals surface area contributed by atoms with Gasteiger partial charge in [-0.25, -0.2) is 4.99 Å². The van der Waals surface area contributed by atoms with Crippen LogP contribution in [-0.2, 0) is 6.18 Å². The summed E-state index contributed by atoms with van der Waals surface area (Å²) in [6, 6.07) is 10.5. The number of hydrogen-bond acceptors (Lipinski definition) is 3. The SMILES string of the molecule is CN(c1ccc(C(=Nc2cccc(Cl)c2)NO)cc1C(F)(F)F)C1CC1. The van der Waals surface area contributed by atoms with Crippen molar-refractivity contribution in [3.8, 4) is 0 Å². The first-order valence-corrected chi connectivity index (χ1v) is 8.36. The fraction of sp³-hybridized carbons (Fsp3) is 0.278. The third-order valence-corrected chi connectivity index (χ3v) is 4.44. The van der Waals surface area contributed by atoms with Gasteiger partial charge >= 0.3 is 6.18 Å². The summed E-state index contributed by atoms with van der Waals surface area (Å²) >= 11 is 5.89. The van der Waals surface area contributed by atoms with E-state index in [-0.39, 0.29) is 23.1 Å². The molecule has 0 aliphatic heterocycles. The number of hydrogen-bond donors (Lipinski definition) is 2. The van der Waals surface area contributed by atoms with E-state index in [9.17, 15) is 18.4 Å². The monoisotopic (exact) mass is 383 g/mol. The zero-order valence-electron chi connectivity index (χ0n) is 13.9. The van der Waals surface area contributed by atoms with Gasteiger partial charge in [-0.3, -0.25) is 10.7 Å².